The number of carbonyl (C=O) groups excluding carboxylic acids is 1. The number of hydrogen-bond donors (Lipinski definition) is 1. The Bertz CT molecular complexity index is 496. The smallest absolute Gasteiger partial charge is 0.258 e. The van der Waals surface area contributed by atoms with Gasteiger partial charge in [-0.2, -0.15) is 0 Å². The van der Waals surface area contributed by atoms with E-state index in [4.69, 9.17) is 4.74 Å². The van der Waals surface area contributed by atoms with E-state index in [2.05, 4.69) is 39.9 Å². The van der Waals surface area contributed by atoms with Crippen molar-refractivity contribution in [2.24, 2.45) is 0 Å². The molecule has 1 N–H and O–H groups in total. The van der Waals surface area contributed by atoms with Gasteiger partial charge in [0.15, 0.2) is 6.61 Å². The zero-order valence-electron chi connectivity index (χ0n) is 14.7. The lowest BCUT2D eigenvalue weighted by molar-refractivity contribution is -0.124. The highest BCUT2D eigenvalue weighted by atomic mass is 16.5. The van der Waals surface area contributed by atoms with Gasteiger partial charge in [0, 0.05) is 5.54 Å². The van der Waals surface area contributed by atoms with Gasteiger partial charge in [-0.15, -0.1) is 0 Å². The van der Waals surface area contributed by atoms with Crippen LogP contribution < -0.4 is 10.1 Å². The van der Waals surface area contributed by atoms with E-state index in [1.165, 1.54) is 16.7 Å². The summed E-state index contributed by atoms with van der Waals surface area (Å²) in [6.45, 7) is 16.7. The van der Waals surface area contributed by atoms with Crippen molar-refractivity contribution in [1.29, 1.82) is 0 Å². The van der Waals surface area contributed by atoms with Gasteiger partial charge < -0.3 is 10.1 Å². The average Bonchev–Trinajstić information content (AvgIpc) is 2.20. The minimum Gasteiger partial charge on any atom is -0.484 e. The van der Waals surface area contributed by atoms with Crippen LogP contribution in [0.25, 0.3) is 0 Å². The van der Waals surface area contributed by atoms with Crippen LogP contribution in [0.1, 0.15) is 58.2 Å². The molecule has 1 rings (SSSR count). The summed E-state index contributed by atoms with van der Waals surface area (Å²) < 4.78 is 5.63. The summed E-state index contributed by atoms with van der Waals surface area (Å²) in [5.41, 5.74) is 3.62. The fourth-order valence-electron chi connectivity index (χ4n) is 2.79. The summed E-state index contributed by atoms with van der Waals surface area (Å²) >= 11 is 0. The molecule has 0 heterocycles. The molecule has 0 saturated carbocycles. The van der Waals surface area contributed by atoms with Crippen molar-refractivity contribution in [2.45, 2.75) is 66.3 Å². The van der Waals surface area contributed by atoms with E-state index < -0.39 is 0 Å². The normalized spacial score (nSPS) is 12.2. The van der Waals surface area contributed by atoms with Crippen molar-refractivity contribution in [3.8, 4) is 5.75 Å². The number of aryl methyl sites for hydroxylation is 2. The number of hydrogen-bond acceptors (Lipinski definition) is 2. The zero-order chi connectivity index (χ0) is 16.4. The van der Waals surface area contributed by atoms with Crippen LogP contribution in [-0.2, 0) is 10.2 Å². The van der Waals surface area contributed by atoms with E-state index in [0.29, 0.717) is 0 Å². The number of rotatable bonds is 3. The first-order valence-electron chi connectivity index (χ1n) is 7.46. The molecule has 0 aromatic heterocycles. The van der Waals surface area contributed by atoms with Crippen LogP contribution in [0.2, 0.25) is 0 Å². The molecule has 0 radical (unpaired) electrons. The zero-order valence-corrected chi connectivity index (χ0v) is 14.7. The molecule has 0 fully saturated rings. The van der Waals surface area contributed by atoms with Crippen LogP contribution in [0.4, 0.5) is 0 Å². The van der Waals surface area contributed by atoms with E-state index in [1.807, 2.05) is 32.9 Å². The largest absolute Gasteiger partial charge is 0.484 e. The number of nitrogens with one attached hydrogen (secondary N) is 1. The molecule has 3 heteroatoms. The molecule has 0 aliphatic heterocycles. The maximum Gasteiger partial charge on any atom is 0.258 e. The summed E-state index contributed by atoms with van der Waals surface area (Å²) in [6.07, 6.45) is 0. The first kappa shape index (κ1) is 17.5. The summed E-state index contributed by atoms with van der Waals surface area (Å²) in [5.74, 6) is 0.653. The quantitative estimate of drug-likeness (QED) is 0.917. The second-order valence-corrected chi connectivity index (χ2v) is 7.77. The van der Waals surface area contributed by atoms with E-state index >= 15 is 0 Å². The monoisotopic (exact) mass is 291 g/mol. The van der Waals surface area contributed by atoms with E-state index in [0.717, 1.165) is 5.75 Å². The summed E-state index contributed by atoms with van der Waals surface area (Å²) in [6, 6.07) is 4.02. The van der Waals surface area contributed by atoms with Crippen molar-refractivity contribution >= 4 is 5.91 Å². The fraction of sp³-hybridized carbons (Fsp3) is 0.611. The van der Waals surface area contributed by atoms with Gasteiger partial charge >= 0.3 is 0 Å². The SMILES string of the molecule is Cc1cc(OCC(=O)NC(C)(C)C)cc(C)c1C(C)(C)C. The number of benzene rings is 1. The van der Waals surface area contributed by atoms with Crippen molar-refractivity contribution in [2.75, 3.05) is 6.61 Å². The maximum absolute atomic E-state index is 11.8. The minimum atomic E-state index is -0.234. The highest BCUT2D eigenvalue weighted by Gasteiger charge is 2.20. The Morgan fingerprint density at radius 2 is 1.52 bits per heavy atom. The molecule has 0 aliphatic carbocycles. The van der Waals surface area contributed by atoms with Crippen molar-refractivity contribution in [1.82, 2.24) is 5.32 Å². The molecule has 0 atom stereocenters. The molecule has 0 spiro atoms. The highest BCUT2D eigenvalue weighted by molar-refractivity contribution is 5.78. The van der Waals surface area contributed by atoms with E-state index in [9.17, 15) is 4.79 Å². The molecule has 1 aromatic rings. The Kier molecular flexibility index (Phi) is 5.08. The first-order valence-corrected chi connectivity index (χ1v) is 7.46. The van der Waals surface area contributed by atoms with Crippen molar-refractivity contribution in [3.05, 3.63) is 28.8 Å². The number of amides is 1. The molecular weight excluding hydrogens is 262 g/mol. The Labute approximate surface area is 129 Å². The number of ether oxygens (including phenoxy) is 1. The second kappa shape index (κ2) is 6.08. The molecule has 1 amide bonds. The second-order valence-electron chi connectivity index (χ2n) is 7.77. The molecule has 21 heavy (non-hydrogen) atoms. The van der Waals surface area contributed by atoms with Gasteiger partial charge in [-0.1, -0.05) is 20.8 Å². The minimum absolute atomic E-state index is 0.0466. The Morgan fingerprint density at radius 1 is 1.05 bits per heavy atom. The van der Waals surface area contributed by atoms with Crippen molar-refractivity contribution in [3.63, 3.8) is 0 Å². The van der Waals surface area contributed by atoms with Gasteiger partial charge in [0.25, 0.3) is 5.91 Å². The van der Waals surface area contributed by atoms with Crippen LogP contribution in [-0.4, -0.2) is 18.1 Å². The third-order valence-corrected chi connectivity index (χ3v) is 3.14. The van der Waals surface area contributed by atoms with Gasteiger partial charge in [0.2, 0.25) is 0 Å². The fourth-order valence-corrected chi connectivity index (χ4v) is 2.79. The average molecular weight is 291 g/mol. The predicted octanol–water partition coefficient (Wildman–Crippen LogP) is 3.89. The van der Waals surface area contributed by atoms with Gasteiger partial charge in [-0.3, -0.25) is 4.79 Å². The van der Waals surface area contributed by atoms with Crippen LogP contribution >= 0.6 is 0 Å². The van der Waals surface area contributed by atoms with Crippen LogP contribution in [0.3, 0.4) is 0 Å². The molecule has 0 aliphatic rings. The molecule has 0 unspecified atom stereocenters. The third kappa shape index (κ3) is 5.41. The molecule has 118 valence electrons. The lowest BCUT2D eigenvalue weighted by Crippen LogP contribution is -2.43. The Hall–Kier alpha value is -1.51. The standard InChI is InChI=1S/C18H29NO2/c1-12-9-14(10-13(2)16(12)17(3,4)5)21-11-15(20)19-18(6,7)8/h9-10H,11H2,1-8H3,(H,19,20). The van der Waals surface area contributed by atoms with Crippen LogP contribution in [0, 0.1) is 13.8 Å². The van der Waals surface area contributed by atoms with Crippen LogP contribution in [0.5, 0.6) is 5.75 Å². The molecule has 0 bridgehead atoms. The first-order chi connectivity index (χ1) is 9.40. The van der Waals surface area contributed by atoms with Gasteiger partial charge in [-0.05, 0) is 68.9 Å². The topological polar surface area (TPSA) is 38.3 Å². The van der Waals surface area contributed by atoms with Gasteiger partial charge in [0.05, 0.1) is 0 Å². The van der Waals surface area contributed by atoms with E-state index in [1.54, 1.807) is 0 Å². The lowest BCUT2D eigenvalue weighted by atomic mass is 9.81. The van der Waals surface area contributed by atoms with Gasteiger partial charge in [0.1, 0.15) is 5.75 Å². The Balaban J connectivity index is 2.81. The predicted molar refractivity (Wildman–Crippen MR) is 88.0 cm³/mol. The summed E-state index contributed by atoms with van der Waals surface area (Å²) in [7, 11) is 0. The third-order valence-electron chi connectivity index (χ3n) is 3.14. The molecule has 0 saturated heterocycles. The summed E-state index contributed by atoms with van der Waals surface area (Å²) in [4.78, 5) is 11.8. The maximum atomic E-state index is 11.8. The van der Waals surface area contributed by atoms with Crippen LogP contribution in [0.15, 0.2) is 12.1 Å². The summed E-state index contributed by atoms with van der Waals surface area (Å²) in [5, 5.41) is 2.89. The lowest BCUT2D eigenvalue weighted by Gasteiger charge is -2.25. The van der Waals surface area contributed by atoms with E-state index in [-0.39, 0.29) is 23.5 Å². The van der Waals surface area contributed by atoms with Gasteiger partial charge in [-0.25, -0.2) is 0 Å². The molecule has 1 aromatic carbocycles. The molecule has 3 nitrogen and oxygen atoms in total. The Morgan fingerprint density at radius 3 is 1.90 bits per heavy atom. The highest BCUT2D eigenvalue weighted by Crippen LogP contribution is 2.31. The molecular formula is C18H29NO2. The number of carbonyl (C=O) groups is 1. The van der Waals surface area contributed by atoms with Crippen molar-refractivity contribution < 1.29 is 9.53 Å².